The molecule has 0 aromatic heterocycles. The number of hydrogen-bond acceptors (Lipinski definition) is 2. The van der Waals surface area contributed by atoms with Crippen molar-refractivity contribution in [2.45, 2.75) is 123 Å². The Labute approximate surface area is 187 Å². The van der Waals surface area contributed by atoms with Gasteiger partial charge in [0.25, 0.3) is 0 Å². The second kappa shape index (κ2) is 10.6. The highest BCUT2D eigenvalue weighted by Gasteiger charge is 2.50. The van der Waals surface area contributed by atoms with Crippen LogP contribution in [0.1, 0.15) is 93.4 Å². The van der Waals surface area contributed by atoms with Crippen LogP contribution in [0, 0.1) is 23.2 Å². The summed E-state index contributed by atoms with van der Waals surface area (Å²) in [7, 11) is -1.81. The average molecular weight is 441 g/mol. The van der Waals surface area contributed by atoms with Crippen molar-refractivity contribution in [1.82, 2.24) is 0 Å². The van der Waals surface area contributed by atoms with Gasteiger partial charge in [0.1, 0.15) is 6.17 Å². The monoisotopic (exact) mass is 440 g/mol. The fourth-order valence-electron chi connectivity index (χ4n) is 6.92. The molecule has 1 N–H and O–H groups in total. The van der Waals surface area contributed by atoms with E-state index < -0.39 is 20.1 Å². The molecule has 5 atom stereocenters. The lowest BCUT2D eigenvalue weighted by Crippen LogP contribution is -2.49. The van der Waals surface area contributed by atoms with Crippen LogP contribution in [0.2, 0.25) is 18.1 Å². The lowest BCUT2D eigenvalue weighted by atomic mass is 9.60. The van der Waals surface area contributed by atoms with Crippen LogP contribution in [0.3, 0.4) is 0 Å². The van der Waals surface area contributed by atoms with Crippen molar-refractivity contribution < 1.29 is 13.9 Å². The number of allylic oxidation sites excluding steroid dienone is 1. The van der Waals surface area contributed by atoms with E-state index in [1.165, 1.54) is 31.3 Å². The number of alkyl halides is 1. The molecular weight excluding hydrogens is 391 g/mol. The molecule has 2 nitrogen and oxygen atoms in total. The molecule has 0 amide bonds. The molecule has 0 unspecified atom stereocenters. The zero-order valence-electron chi connectivity index (χ0n) is 20.9. The van der Waals surface area contributed by atoms with Gasteiger partial charge in [-0.15, -0.1) is 0 Å². The number of halogens is 1. The van der Waals surface area contributed by atoms with Crippen LogP contribution in [-0.2, 0) is 4.43 Å². The minimum absolute atomic E-state index is 0.166. The van der Waals surface area contributed by atoms with E-state index in [0.29, 0.717) is 29.6 Å². The number of rotatable bonds is 11. The Hall–Kier alpha value is -0.193. The molecule has 2 saturated carbocycles. The zero-order chi connectivity index (χ0) is 22.6. The zero-order valence-corrected chi connectivity index (χ0v) is 21.9. The third-order valence-electron chi connectivity index (χ3n) is 9.12. The molecule has 2 fully saturated rings. The van der Waals surface area contributed by atoms with Crippen LogP contribution in [-0.4, -0.2) is 31.8 Å². The first-order chi connectivity index (χ1) is 14.1. The molecule has 0 radical (unpaired) electrons. The van der Waals surface area contributed by atoms with Gasteiger partial charge in [-0.3, -0.25) is 0 Å². The molecule has 0 aromatic carbocycles. The van der Waals surface area contributed by atoms with Gasteiger partial charge < -0.3 is 9.53 Å². The summed E-state index contributed by atoms with van der Waals surface area (Å²) < 4.78 is 22.0. The Morgan fingerprint density at radius 1 is 1.20 bits per heavy atom. The summed E-state index contributed by atoms with van der Waals surface area (Å²) >= 11 is 0. The van der Waals surface area contributed by atoms with Crippen molar-refractivity contribution in [3.63, 3.8) is 0 Å². The molecule has 2 aliphatic rings. The Morgan fingerprint density at radius 3 is 2.40 bits per heavy atom. The van der Waals surface area contributed by atoms with Crippen molar-refractivity contribution in [2.75, 3.05) is 6.61 Å². The van der Waals surface area contributed by atoms with Crippen molar-refractivity contribution in [3.8, 4) is 0 Å². The van der Waals surface area contributed by atoms with Gasteiger partial charge in [0.15, 0.2) is 8.32 Å². The SMILES string of the molecule is CC[Si](CC)(CC)OC(C)(C)[C@H](F)CC[C@@H](C)[C@H]1CC[C@H]2/C(=C/CO)CCC[C@]12C. The van der Waals surface area contributed by atoms with Gasteiger partial charge in [-0.25, -0.2) is 4.39 Å². The van der Waals surface area contributed by atoms with E-state index in [4.69, 9.17) is 4.43 Å². The van der Waals surface area contributed by atoms with E-state index in [2.05, 4.69) is 40.7 Å². The van der Waals surface area contributed by atoms with Gasteiger partial charge in [-0.05, 0) is 100 Å². The van der Waals surface area contributed by atoms with E-state index in [1.54, 1.807) is 0 Å². The molecule has 0 heterocycles. The highest BCUT2D eigenvalue weighted by Crippen LogP contribution is 2.59. The smallest absolute Gasteiger partial charge is 0.192 e. The molecule has 2 aliphatic carbocycles. The maximum atomic E-state index is 15.4. The molecule has 0 aromatic rings. The third-order valence-corrected chi connectivity index (χ3v) is 13.9. The van der Waals surface area contributed by atoms with Crippen molar-refractivity contribution in [1.29, 1.82) is 0 Å². The molecule has 2 rings (SSSR count). The molecule has 0 spiro atoms. The Kier molecular flexibility index (Phi) is 9.22. The highest BCUT2D eigenvalue weighted by molar-refractivity contribution is 6.73. The van der Waals surface area contributed by atoms with E-state index in [-0.39, 0.29) is 6.61 Å². The molecule has 0 bridgehead atoms. The highest BCUT2D eigenvalue weighted by atomic mass is 28.4. The maximum absolute atomic E-state index is 15.4. The Morgan fingerprint density at radius 2 is 1.83 bits per heavy atom. The first kappa shape index (κ1) is 26.1. The molecule has 4 heteroatoms. The standard InChI is InChI=1S/C26H49FO2Si/c1-8-30(9-2,10-3)29-25(5,6)24(27)16-13-20(4)22-14-15-23-21(17-19-28)12-11-18-26(22,23)7/h17,20,22-24,28H,8-16,18-19H2,1-7H3/b21-17+/t20-,22-,23+,24-,26-/m1/s1. The Bertz CT molecular complexity index is 563. The van der Waals surface area contributed by atoms with Gasteiger partial charge in [0, 0.05) is 0 Å². The summed E-state index contributed by atoms with van der Waals surface area (Å²) in [5, 5.41) is 9.43. The fourth-order valence-corrected chi connectivity index (χ4v) is 10.1. The van der Waals surface area contributed by atoms with Gasteiger partial charge in [-0.2, -0.15) is 0 Å². The summed E-state index contributed by atoms with van der Waals surface area (Å²) in [6, 6.07) is 3.20. The summed E-state index contributed by atoms with van der Waals surface area (Å²) in [5.41, 5.74) is 1.13. The topological polar surface area (TPSA) is 29.5 Å². The van der Waals surface area contributed by atoms with Gasteiger partial charge in [0.05, 0.1) is 12.2 Å². The second-order valence-electron chi connectivity index (χ2n) is 11.0. The summed E-state index contributed by atoms with van der Waals surface area (Å²) in [6.45, 7) is 15.6. The van der Waals surface area contributed by atoms with Crippen LogP contribution in [0.25, 0.3) is 0 Å². The lowest BCUT2D eigenvalue weighted by molar-refractivity contribution is 0.000354. The number of hydrogen-bond donors (Lipinski definition) is 1. The Balaban J connectivity index is 1.99. The van der Waals surface area contributed by atoms with Gasteiger partial charge in [0.2, 0.25) is 0 Å². The van der Waals surface area contributed by atoms with Crippen LogP contribution < -0.4 is 0 Å². The van der Waals surface area contributed by atoms with Crippen molar-refractivity contribution in [2.24, 2.45) is 23.2 Å². The van der Waals surface area contributed by atoms with Crippen molar-refractivity contribution >= 4 is 8.32 Å². The van der Waals surface area contributed by atoms with Crippen LogP contribution >= 0.6 is 0 Å². The predicted molar refractivity (Wildman–Crippen MR) is 129 cm³/mol. The molecule has 0 saturated heterocycles. The van der Waals surface area contributed by atoms with E-state index >= 15 is 4.39 Å². The molecule has 30 heavy (non-hydrogen) atoms. The third kappa shape index (κ3) is 5.40. The molecular formula is C26H49FO2Si. The number of fused-ring (bicyclic) bond motifs is 1. The first-order valence-corrected chi connectivity index (χ1v) is 15.3. The summed E-state index contributed by atoms with van der Waals surface area (Å²) in [6.07, 6.45) is 8.86. The van der Waals surface area contributed by atoms with Gasteiger partial charge >= 0.3 is 0 Å². The fraction of sp³-hybridized carbons (Fsp3) is 0.923. The first-order valence-electron chi connectivity index (χ1n) is 12.7. The summed E-state index contributed by atoms with van der Waals surface area (Å²) in [5.74, 6) is 1.82. The lowest BCUT2D eigenvalue weighted by Gasteiger charge is -2.45. The van der Waals surface area contributed by atoms with Crippen LogP contribution in [0.5, 0.6) is 0 Å². The number of aliphatic hydroxyl groups excluding tert-OH is 1. The number of aliphatic hydroxyl groups is 1. The molecule has 0 aliphatic heterocycles. The largest absolute Gasteiger partial charge is 0.409 e. The quantitative estimate of drug-likeness (QED) is 0.264. The van der Waals surface area contributed by atoms with Crippen LogP contribution in [0.4, 0.5) is 4.39 Å². The van der Waals surface area contributed by atoms with E-state index in [9.17, 15) is 5.11 Å². The molecule has 176 valence electrons. The second-order valence-corrected chi connectivity index (χ2v) is 15.7. The predicted octanol–water partition coefficient (Wildman–Crippen LogP) is 7.68. The van der Waals surface area contributed by atoms with E-state index in [1.807, 2.05) is 13.8 Å². The minimum atomic E-state index is -1.81. The summed E-state index contributed by atoms with van der Waals surface area (Å²) in [4.78, 5) is 0. The maximum Gasteiger partial charge on any atom is 0.192 e. The van der Waals surface area contributed by atoms with Crippen molar-refractivity contribution in [3.05, 3.63) is 11.6 Å². The van der Waals surface area contributed by atoms with Gasteiger partial charge in [-0.1, -0.05) is 46.3 Å². The minimum Gasteiger partial charge on any atom is -0.409 e. The van der Waals surface area contributed by atoms with E-state index in [0.717, 1.165) is 31.0 Å². The van der Waals surface area contributed by atoms with Crippen LogP contribution in [0.15, 0.2) is 11.6 Å². The average Bonchev–Trinajstić information content (AvgIpc) is 3.08. The normalized spacial score (nSPS) is 31.0.